The Bertz CT molecular complexity index is 563. The number of para-hydroxylation sites is 1. The molecule has 0 spiro atoms. The molecule has 2 aromatic rings. The Morgan fingerprint density at radius 2 is 2.35 bits per heavy atom. The van der Waals surface area contributed by atoms with E-state index in [-0.39, 0.29) is 11.5 Å². The van der Waals surface area contributed by atoms with E-state index in [0.717, 1.165) is 16.9 Å². The van der Waals surface area contributed by atoms with E-state index in [4.69, 9.17) is 15.5 Å². The number of aryl methyl sites for hydroxylation is 1. The quantitative estimate of drug-likeness (QED) is 0.781. The van der Waals surface area contributed by atoms with Gasteiger partial charge in [0.25, 0.3) is 0 Å². The largest absolute Gasteiger partial charge is 0.379 e. The first-order valence-electron chi connectivity index (χ1n) is 5.90. The second kappa shape index (κ2) is 3.55. The van der Waals surface area contributed by atoms with Crippen molar-refractivity contribution in [1.82, 2.24) is 9.97 Å². The molecule has 17 heavy (non-hydrogen) atoms. The van der Waals surface area contributed by atoms with Crippen LogP contribution in [0.4, 0.5) is 0 Å². The summed E-state index contributed by atoms with van der Waals surface area (Å²) < 4.78 is 5.47. The Morgan fingerprint density at radius 3 is 3.00 bits per heavy atom. The van der Waals surface area contributed by atoms with Crippen molar-refractivity contribution in [2.45, 2.75) is 25.3 Å². The third kappa shape index (κ3) is 1.48. The van der Waals surface area contributed by atoms with Crippen molar-refractivity contribution in [1.29, 1.82) is 0 Å². The molecule has 4 heteroatoms. The van der Waals surface area contributed by atoms with E-state index in [1.165, 1.54) is 5.56 Å². The van der Waals surface area contributed by atoms with Gasteiger partial charge >= 0.3 is 0 Å². The highest BCUT2D eigenvalue weighted by Crippen LogP contribution is 2.31. The molecule has 3 rings (SSSR count). The highest BCUT2D eigenvalue weighted by molar-refractivity contribution is 5.78. The van der Waals surface area contributed by atoms with Gasteiger partial charge in [-0.05, 0) is 25.5 Å². The Hall–Kier alpha value is -1.39. The van der Waals surface area contributed by atoms with Crippen molar-refractivity contribution in [2.75, 3.05) is 13.2 Å². The van der Waals surface area contributed by atoms with Crippen LogP contribution in [0.2, 0.25) is 0 Å². The van der Waals surface area contributed by atoms with Gasteiger partial charge in [-0.1, -0.05) is 12.1 Å². The molecule has 2 unspecified atom stereocenters. The van der Waals surface area contributed by atoms with Gasteiger partial charge < -0.3 is 15.5 Å². The minimum Gasteiger partial charge on any atom is -0.379 e. The molecule has 0 radical (unpaired) electrons. The lowest BCUT2D eigenvalue weighted by Crippen LogP contribution is -2.42. The molecule has 3 N–H and O–H groups in total. The first kappa shape index (κ1) is 10.7. The van der Waals surface area contributed by atoms with Crippen molar-refractivity contribution >= 4 is 11.0 Å². The average Bonchev–Trinajstić information content (AvgIpc) is 2.86. The van der Waals surface area contributed by atoms with Crippen LogP contribution in [0.1, 0.15) is 18.3 Å². The van der Waals surface area contributed by atoms with Crippen LogP contribution >= 0.6 is 0 Å². The minimum absolute atomic E-state index is 0.00312. The number of ether oxygens (including phenoxy) is 1. The Balaban J connectivity index is 2.15. The number of hydrogen-bond acceptors (Lipinski definition) is 3. The standard InChI is InChI=1S/C13H17N3O/c1-8-4-3-5-9-11(8)16-12(15-9)13(2)7-17-6-10(13)14/h3-5,10H,6-7,14H2,1-2H3,(H,15,16). The van der Waals surface area contributed by atoms with Gasteiger partial charge in [-0.2, -0.15) is 0 Å². The summed E-state index contributed by atoms with van der Waals surface area (Å²) in [6.07, 6.45) is 0. The van der Waals surface area contributed by atoms with Crippen molar-refractivity contribution < 1.29 is 4.74 Å². The number of nitrogens with one attached hydrogen (secondary N) is 1. The predicted molar refractivity (Wildman–Crippen MR) is 67.0 cm³/mol. The first-order valence-corrected chi connectivity index (χ1v) is 5.90. The Morgan fingerprint density at radius 1 is 1.53 bits per heavy atom. The summed E-state index contributed by atoms with van der Waals surface area (Å²) >= 11 is 0. The van der Waals surface area contributed by atoms with Gasteiger partial charge in [0.05, 0.1) is 29.7 Å². The van der Waals surface area contributed by atoms with Crippen LogP contribution in [0, 0.1) is 6.92 Å². The second-order valence-electron chi connectivity index (χ2n) is 5.10. The van der Waals surface area contributed by atoms with Gasteiger partial charge in [0.15, 0.2) is 0 Å². The molecule has 2 heterocycles. The molecule has 0 saturated carbocycles. The molecular formula is C13H17N3O. The number of nitrogens with two attached hydrogens (primary N) is 1. The van der Waals surface area contributed by atoms with Crippen LogP contribution < -0.4 is 5.73 Å². The van der Waals surface area contributed by atoms with Crippen molar-refractivity contribution in [3.05, 3.63) is 29.6 Å². The molecule has 1 aliphatic heterocycles. The van der Waals surface area contributed by atoms with Gasteiger partial charge in [-0.25, -0.2) is 4.98 Å². The van der Waals surface area contributed by atoms with Crippen LogP contribution in [0.5, 0.6) is 0 Å². The summed E-state index contributed by atoms with van der Waals surface area (Å²) in [5.74, 6) is 0.937. The third-order valence-electron chi connectivity index (χ3n) is 3.77. The predicted octanol–water partition coefficient (Wildman–Crippen LogP) is 1.49. The van der Waals surface area contributed by atoms with E-state index in [9.17, 15) is 0 Å². The first-order chi connectivity index (χ1) is 8.11. The maximum absolute atomic E-state index is 6.12. The zero-order valence-corrected chi connectivity index (χ0v) is 10.2. The fourth-order valence-electron chi connectivity index (χ4n) is 2.38. The Kier molecular flexibility index (Phi) is 2.24. The van der Waals surface area contributed by atoms with Gasteiger partial charge in [-0.3, -0.25) is 0 Å². The lowest BCUT2D eigenvalue weighted by atomic mass is 9.85. The molecule has 90 valence electrons. The highest BCUT2D eigenvalue weighted by atomic mass is 16.5. The summed E-state index contributed by atoms with van der Waals surface area (Å²) in [6.45, 7) is 5.41. The molecule has 1 saturated heterocycles. The Labute approximate surface area is 100 Å². The summed E-state index contributed by atoms with van der Waals surface area (Å²) in [7, 11) is 0. The van der Waals surface area contributed by atoms with Crippen molar-refractivity contribution in [3.63, 3.8) is 0 Å². The molecule has 0 aliphatic carbocycles. The molecule has 1 aromatic heterocycles. The van der Waals surface area contributed by atoms with Crippen LogP contribution in [0.15, 0.2) is 18.2 Å². The number of aromatic amines is 1. The SMILES string of the molecule is Cc1cccc2[nH]c(C3(C)COCC3N)nc12. The van der Waals surface area contributed by atoms with Crippen molar-refractivity contribution in [2.24, 2.45) is 5.73 Å². The highest BCUT2D eigenvalue weighted by Gasteiger charge is 2.41. The van der Waals surface area contributed by atoms with Gasteiger partial charge in [0.1, 0.15) is 5.82 Å². The van der Waals surface area contributed by atoms with Gasteiger partial charge in [-0.15, -0.1) is 0 Å². The van der Waals surface area contributed by atoms with E-state index >= 15 is 0 Å². The van der Waals surface area contributed by atoms with Gasteiger partial charge in [0.2, 0.25) is 0 Å². The molecule has 1 aliphatic rings. The molecule has 1 aromatic carbocycles. The van der Waals surface area contributed by atoms with Crippen LogP contribution in [-0.2, 0) is 10.2 Å². The molecule has 0 amide bonds. The summed E-state index contributed by atoms with van der Waals surface area (Å²) in [4.78, 5) is 8.08. The fraction of sp³-hybridized carbons (Fsp3) is 0.462. The maximum Gasteiger partial charge on any atom is 0.117 e. The molecule has 0 bridgehead atoms. The van der Waals surface area contributed by atoms with E-state index in [1.54, 1.807) is 0 Å². The molecular weight excluding hydrogens is 214 g/mol. The number of benzene rings is 1. The smallest absolute Gasteiger partial charge is 0.117 e. The zero-order chi connectivity index (χ0) is 12.0. The number of fused-ring (bicyclic) bond motifs is 1. The van der Waals surface area contributed by atoms with Crippen molar-refractivity contribution in [3.8, 4) is 0 Å². The lowest BCUT2D eigenvalue weighted by molar-refractivity contribution is 0.178. The van der Waals surface area contributed by atoms with Crippen LogP contribution in [0.25, 0.3) is 11.0 Å². The molecule has 1 fully saturated rings. The van der Waals surface area contributed by atoms with E-state index in [1.807, 2.05) is 12.1 Å². The topological polar surface area (TPSA) is 63.9 Å². The monoisotopic (exact) mass is 231 g/mol. The number of aromatic nitrogens is 2. The number of hydrogen-bond donors (Lipinski definition) is 2. The van der Waals surface area contributed by atoms with E-state index in [2.05, 4.69) is 24.9 Å². The number of rotatable bonds is 1. The fourth-order valence-corrected chi connectivity index (χ4v) is 2.38. The number of imidazole rings is 1. The third-order valence-corrected chi connectivity index (χ3v) is 3.77. The van der Waals surface area contributed by atoms with Gasteiger partial charge in [0, 0.05) is 6.04 Å². The zero-order valence-electron chi connectivity index (χ0n) is 10.2. The van der Waals surface area contributed by atoms with Crippen LogP contribution in [0.3, 0.4) is 0 Å². The maximum atomic E-state index is 6.12. The van der Waals surface area contributed by atoms with E-state index < -0.39 is 0 Å². The van der Waals surface area contributed by atoms with Crippen LogP contribution in [-0.4, -0.2) is 29.2 Å². The number of nitrogens with zero attached hydrogens (tertiary/aromatic N) is 1. The average molecular weight is 231 g/mol. The molecule has 2 atom stereocenters. The molecule has 4 nitrogen and oxygen atoms in total. The normalized spacial score (nSPS) is 29.0. The minimum atomic E-state index is -0.203. The summed E-state index contributed by atoms with van der Waals surface area (Å²) in [5.41, 5.74) is 9.20. The second-order valence-corrected chi connectivity index (χ2v) is 5.10. The number of H-pyrrole nitrogens is 1. The summed E-state index contributed by atoms with van der Waals surface area (Å²) in [5, 5.41) is 0. The lowest BCUT2D eigenvalue weighted by Gasteiger charge is -2.23. The summed E-state index contributed by atoms with van der Waals surface area (Å²) in [6, 6.07) is 6.15. The van der Waals surface area contributed by atoms with E-state index in [0.29, 0.717) is 13.2 Å².